The Balaban J connectivity index is 2.08. The summed E-state index contributed by atoms with van der Waals surface area (Å²) in [6.45, 7) is 1.79. The lowest BCUT2D eigenvalue weighted by atomic mass is 9.95. The van der Waals surface area contributed by atoms with Crippen LogP contribution in [-0.2, 0) is 9.53 Å². The van der Waals surface area contributed by atoms with Gasteiger partial charge in [0.1, 0.15) is 6.10 Å². The fourth-order valence-corrected chi connectivity index (χ4v) is 2.34. The number of fused-ring (bicyclic) bond motifs is 1. The quantitative estimate of drug-likeness (QED) is 0.755. The van der Waals surface area contributed by atoms with Crippen LogP contribution in [0.2, 0.25) is 0 Å². The van der Waals surface area contributed by atoms with Gasteiger partial charge in [0, 0.05) is 11.1 Å². The van der Waals surface area contributed by atoms with Crippen molar-refractivity contribution < 1.29 is 9.53 Å². The molecule has 0 amide bonds. The van der Waals surface area contributed by atoms with Crippen LogP contribution in [-0.4, -0.2) is 5.78 Å². The summed E-state index contributed by atoms with van der Waals surface area (Å²) in [5.74, 6) is 0.166. The standard InChI is InChI=1S/C16H14O2/c1-11-10-18-16(9-15(11)17)14-8-4-6-12-5-2-3-7-13(12)14/h2-8,10,16H,9H2,1H3. The average molecular weight is 238 g/mol. The van der Waals surface area contributed by atoms with Gasteiger partial charge in [-0.3, -0.25) is 4.79 Å². The monoisotopic (exact) mass is 238 g/mol. The maximum atomic E-state index is 11.8. The third-order valence-electron chi connectivity index (χ3n) is 3.39. The second kappa shape index (κ2) is 4.30. The van der Waals surface area contributed by atoms with Crippen LogP contribution >= 0.6 is 0 Å². The Morgan fingerprint density at radius 2 is 1.89 bits per heavy atom. The summed E-state index contributed by atoms with van der Waals surface area (Å²) in [5.41, 5.74) is 1.79. The number of ketones is 1. The lowest BCUT2D eigenvalue weighted by Gasteiger charge is -2.22. The zero-order valence-corrected chi connectivity index (χ0v) is 10.2. The predicted molar refractivity (Wildman–Crippen MR) is 71.2 cm³/mol. The zero-order chi connectivity index (χ0) is 12.5. The van der Waals surface area contributed by atoms with Crippen molar-refractivity contribution in [2.24, 2.45) is 0 Å². The van der Waals surface area contributed by atoms with Gasteiger partial charge >= 0.3 is 0 Å². The fraction of sp³-hybridized carbons (Fsp3) is 0.188. The van der Waals surface area contributed by atoms with E-state index in [-0.39, 0.29) is 11.9 Å². The molecule has 0 saturated heterocycles. The number of ether oxygens (including phenoxy) is 1. The molecule has 0 fully saturated rings. The second-order valence-corrected chi connectivity index (χ2v) is 4.62. The minimum Gasteiger partial charge on any atom is -0.492 e. The van der Waals surface area contributed by atoms with Crippen molar-refractivity contribution in [3.8, 4) is 0 Å². The molecular formula is C16H14O2. The topological polar surface area (TPSA) is 26.3 Å². The maximum Gasteiger partial charge on any atom is 0.165 e. The van der Waals surface area contributed by atoms with Crippen LogP contribution in [0.25, 0.3) is 10.8 Å². The highest BCUT2D eigenvalue weighted by atomic mass is 16.5. The number of hydrogen-bond donors (Lipinski definition) is 0. The van der Waals surface area contributed by atoms with Gasteiger partial charge in [-0.25, -0.2) is 0 Å². The molecule has 1 unspecified atom stereocenters. The summed E-state index contributed by atoms with van der Waals surface area (Å²) in [4.78, 5) is 11.8. The normalized spacial score (nSPS) is 19.5. The highest BCUT2D eigenvalue weighted by Gasteiger charge is 2.23. The lowest BCUT2D eigenvalue weighted by Crippen LogP contribution is -2.15. The van der Waals surface area contributed by atoms with E-state index in [9.17, 15) is 4.79 Å². The first-order valence-corrected chi connectivity index (χ1v) is 6.09. The Morgan fingerprint density at radius 3 is 2.72 bits per heavy atom. The van der Waals surface area contributed by atoms with Gasteiger partial charge in [-0.1, -0.05) is 42.5 Å². The zero-order valence-electron chi connectivity index (χ0n) is 10.2. The Kier molecular flexibility index (Phi) is 2.63. The van der Waals surface area contributed by atoms with Crippen molar-refractivity contribution >= 4 is 16.6 Å². The number of benzene rings is 2. The van der Waals surface area contributed by atoms with Crippen molar-refractivity contribution in [1.29, 1.82) is 0 Å². The van der Waals surface area contributed by atoms with Crippen molar-refractivity contribution in [2.75, 3.05) is 0 Å². The number of rotatable bonds is 1. The Hall–Kier alpha value is -2.09. The van der Waals surface area contributed by atoms with E-state index in [1.807, 2.05) is 24.3 Å². The van der Waals surface area contributed by atoms with Crippen molar-refractivity contribution in [3.05, 3.63) is 59.9 Å². The molecule has 3 rings (SSSR count). The molecule has 1 aliphatic rings. The summed E-state index contributed by atoms with van der Waals surface area (Å²) in [6.07, 6.45) is 1.85. The van der Waals surface area contributed by atoms with Crippen LogP contribution in [0.1, 0.15) is 25.0 Å². The first-order valence-electron chi connectivity index (χ1n) is 6.09. The van der Waals surface area contributed by atoms with Crippen molar-refractivity contribution in [3.63, 3.8) is 0 Å². The smallest absolute Gasteiger partial charge is 0.165 e. The van der Waals surface area contributed by atoms with Crippen LogP contribution in [0.3, 0.4) is 0 Å². The van der Waals surface area contributed by atoms with Gasteiger partial charge in [0.25, 0.3) is 0 Å². The molecule has 2 heteroatoms. The average Bonchev–Trinajstić information content (AvgIpc) is 2.41. The molecule has 0 aromatic heterocycles. The van der Waals surface area contributed by atoms with Crippen LogP contribution in [0.5, 0.6) is 0 Å². The molecule has 2 aromatic carbocycles. The summed E-state index contributed by atoms with van der Waals surface area (Å²) in [6, 6.07) is 14.3. The van der Waals surface area contributed by atoms with Crippen LogP contribution < -0.4 is 0 Å². The first-order chi connectivity index (χ1) is 8.75. The predicted octanol–water partition coefficient (Wildman–Crippen LogP) is 3.77. The Morgan fingerprint density at radius 1 is 1.11 bits per heavy atom. The molecule has 18 heavy (non-hydrogen) atoms. The molecule has 0 bridgehead atoms. The largest absolute Gasteiger partial charge is 0.492 e. The summed E-state index contributed by atoms with van der Waals surface area (Å²) in [5, 5.41) is 2.34. The van der Waals surface area contributed by atoms with E-state index in [0.29, 0.717) is 12.0 Å². The maximum absolute atomic E-state index is 11.8. The van der Waals surface area contributed by atoms with Crippen molar-refractivity contribution in [2.45, 2.75) is 19.4 Å². The molecule has 2 nitrogen and oxygen atoms in total. The molecular weight excluding hydrogens is 224 g/mol. The van der Waals surface area contributed by atoms with E-state index in [4.69, 9.17) is 4.74 Å². The molecule has 1 aliphatic heterocycles. The Bertz CT molecular complexity index is 635. The second-order valence-electron chi connectivity index (χ2n) is 4.62. The van der Waals surface area contributed by atoms with Crippen LogP contribution in [0.4, 0.5) is 0 Å². The highest BCUT2D eigenvalue weighted by molar-refractivity contribution is 5.96. The number of allylic oxidation sites excluding steroid dienone is 1. The molecule has 0 aliphatic carbocycles. The van der Waals surface area contributed by atoms with Gasteiger partial charge in [0.05, 0.1) is 12.7 Å². The van der Waals surface area contributed by atoms with E-state index >= 15 is 0 Å². The van der Waals surface area contributed by atoms with Gasteiger partial charge in [0.15, 0.2) is 5.78 Å². The molecule has 1 atom stereocenters. The van der Waals surface area contributed by atoms with Gasteiger partial charge < -0.3 is 4.74 Å². The van der Waals surface area contributed by atoms with E-state index < -0.39 is 0 Å². The fourth-order valence-electron chi connectivity index (χ4n) is 2.34. The highest BCUT2D eigenvalue weighted by Crippen LogP contribution is 2.32. The van der Waals surface area contributed by atoms with Crippen LogP contribution in [0, 0.1) is 0 Å². The first kappa shape index (κ1) is 11.0. The molecule has 2 aromatic rings. The van der Waals surface area contributed by atoms with Crippen LogP contribution in [0.15, 0.2) is 54.3 Å². The molecule has 90 valence electrons. The summed E-state index contributed by atoms with van der Waals surface area (Å²) < 4.78 is 5.67. The summed E-state index contributed by atoms with van der Waals surface area (Å²) >= 11 is 0. The number of Topliss-reactive ketones (excluding diaryl/α,β-unsaturated/α-hetero) is 1. The van der Waals surface area contributed by atoms with Gasteiger partial charge in [0.2, 0.25) is 0 Å². The van der Waals surface area contributed by atoms with E-state index in [0.717, 1.165) is 10.9 Å². The minimum absolute atomic E-state index is 0.160. The molecule has 0 saturated carbocycles. The van der Waals surface area contributed by atoms with E-state index in [1.54, 1.807) is 13.2 Å². The summed E-state index contributed by atoms with van der Waals surface area (Å²) in [7, 11) is 0. The molecule has 1 heterocycles. The number of carbonyl (C=O) groups excluding carboxylic acids is 1. The minimum atomic E-state index is -0.160. The van der Waals surface area contributed by atoms with Gasteiger partial charge in [-0.05, 0) is 17.7 Å². The Labute approximate surface area is 106 Å². The van der Waals surface area contributed by atoms with Gasteiger partial charge in [-0.2, -0.15) is 0 Å². The third-order valence-corrected chi connectivity index (χ3v) is 3.39. The number of hydrogen-bond acceptors (Lipinski definition) is 2. The SMILES string of the molecule is CC1=COC(c2cccc3ccccc23)CC1=O. The van der Waals surface area contributed by atoms with E-state index in [1.165, 1.54) is 5.39 Å². The lowest BCUT2D eigenvalue weighted by molar-refractivity contribution is -0.119. The van der Waals surface area contributed by atoms with Crippen molar-refractivity contribution in [1.82, 2.24) is 0 Å². The molecule has 0 radical (unpaired) electrons. The third kappa shape index (κ3) is 1.80. The molecule has 0 N–H and O–H groups in total. The van der Waals surface area contributed by atoms with E-state index in [2.05, 4.69) is 18.2 Å². The number of carbonyl (C=O) groups is 1. The van der Waals surface area contributed by atoms with Gasteiger partial charge in [-0.15, -0.1) is 0 Å². The molecule has 0 spiro atoms.